The fraction of sp³-hybridized carbons (Fsp3) is 0.714. The van der Waals surface area contributed by atoms with E-state index in [0.717, 1.165) is 0 Å². The number of hydrogen-bond acceptors (Lipinski definition) is 4. The fourth-order valence-electron chi connectivity index (χ4n) is 0.797. The minimum Gasteiger partial charge on any atom is -0.549 e. The van der Waals surface area contributed by atoms with Crippen molar-refractivity contribution < 1.29 is 123 Å². The summed E-state index contributed by atoms with van der Waals surface area (Å²) in [7, 11) is 0. The molecule has 0 aromatic rings. The molecule has 1 unspecified atom stereocenters. The van der Waals surface area contributed by atoms with Gasteiger partial charge in [-0.3, -0.25) is 0 Å². The van der Waals surface area contributed by atoms with Gasteiger partial charge in [-0.25, -0.2) is 0 Å². The number of carbonyl (C=O) groups excluding carboxylic acids is 2. The van der Waals surface area contributed by atoms with E-state index in [9.17, 15) is 19.8 Å². The molecule has 0 N–H and O–H groups in total. The zero-order valence-electron chi connectivity index (χ0n) is 8.49. The molecule has 0 heterocycles. The third kappa shape index (κ3) is 8.06. The molecule has 4 nitrogen and oxygen atoms in total. The van der Waals surface area contributed by atoms with Crippen LogP contribution in [0.1, 0.15) is 20.3 Å². The summed E-state index contributed by atoms with van der Waals surface area (Å²) in [6, 6.07) is 0. The van der Waals surface area contributed by atoms with Gasteiger partial charge in [-0.15, -0.1) is 0 Å². The van der Waals surface area contributed by atoms with Crippen LogP contribution in [-0.4, -0.2) is 11.9 Å². The van der Waals surface area contributed by atoms with Gasteiger partial charge in [0.1, 0.15) is 0 Å². The number of carbonyl (C=O) groups is 2. The van der Waals surface area contributed by atoms with E-state index in [2.05, 4.69) is 0 Å². The Morgan fingerprint density at radius 1 is 1.15 bits per heavy atom. The van der Waals surface area contributed by atoms with Gasteiger partial charge in [0.15, 0.2) is 0 Å². The first-order valence-electron chi connectivity index (χ1n) is 3.42. The predicted molar refractivity (Wildman–Crippen MR) is 33.0 cm³/mol. The van der Waals surface area contributed by atoms with Crippen molar-refractivity contribution in [2.24, 2.45) is 11.8 Å². The number of carboxylic acid groups (broad SMARTS) is 2. The summed E-state index contributed by atoms with van der Waals surface area (Å²) < 4.78 is 0. The third-order valence-corrected chi connectivity index (χ3v) is 1.72. The van der Waals surface area contributed by atoms with Crippen LogP contribution in [0.15, 0.2) is 0 Å². The first-order valence-corrected chi connectivity index (χ1v) is 3.42. The van der Waals surface area contributed by atoms with Gasteiger partial charge in [-0.05, 0) is 5.92 Å². The van der Waals surface area contributed by atoms with E-state index >= 15 is 0 Å². The standard InChI is InChI=1S/C7H12O4.2K/c1-3-4(2)5(6(8)9)7(10)11;;/h4-5H,3H2,1-2H3,(H,8,9)(H,10,11);;/q;2*+1/p-2. The molecule has 1 atom stereocenters. The SMILES string of the molecule is CCC(C)C(C(=O)[O-])C(=O)[O-].[K+].[K+]. The van der Waals surface area contributed by atoms with E-state index in [1.54, 1.807) is 6.92 Å². The number of rotatable bonds is 4. The molecule has 0 rings (SSSR count). The second-order valence-electron chi connectivity index (χ2n) is 2.50. The van der Waals surface area contributed by atoms with Crippen LogP contribution in [0.4, 0.5) is 0 Å². The second kappa shape index (κ2) is 10.7. The van der Waals surface area contributed by atoms with E-state index in [4.69, 9.17) is 0 Å². The average Bonchev–Trinajstić information content (AvgIpc) is 1.85. The Kier molecular flexibility index (Phi) is 17.0. The molecular formula is C7H10K2O4. The minimum absolute atomic E-state index is 0. The predicted octanol–water partition coefficient (Wildman–Crippen LogP) is -7.84. The van der Waals surface area contributed by atoms with Crippen molar-refractivity contribution in [1.82, 2.24) is 0 Å². The molecule has 6 heteroatoms. The quantitative estimate of drug-likeness (QED) is 0.359. The summed E-state index contributed by atoms with van der Waals surface area (Å²) >= 11 is 0. The van der Waals surface area contributed by atoms with E-state index in [1.807, 2.05) is 0 Å². The molecule has 0 bridgehead atoms. The minimum atomic E-state index is -1.57. The fourth-order valence-corrected chi connectivity index (χ4v) is 0.797. The number of carboxylic acids is 2. The molecule has 0 aromatic heterocycles. The Morgan fingerprint density at radius 2 is 1.46 bits per heavy atom. The molecule has 0 saturated carbocycles. The molecular weight excluding hydrogens is 226 g/mol. The zero-order valence-corrected chi connectivity index (χ0v) is 14.7. The molecule has 0 spiro atoms. The maximum atomic E-state index is 10.2. The van der Waals surface area contributed by atoms with Gasteiger partial charge >= 0.3 is 103 Å². The van der Waals surface area contributed by atoms with Crippen molar-refractivity contribution >= 4 is 11.9 Å². The van der Waals surface area contributed by atoms with Gasteiger partial charge in [0.05, 0.1) is 11.9 Å². The molecule has 13 heavy (non-hydrogen) atoms. The Morgan fingerprint density at radius 3 is 1.54 bits per heavy atom. The zero-order chi connectivity index (χ0) is 9.02. The van der Waals surface area contributed by atoms with Crippen LogP contribution in [0.25, 0.3) is 0 Å². The van der Waals surface area contributed by atoms with Crippen molar-refractivity contribution in [2.45, 2.75) is 20.3 Å². The van der Waals surface area contributed by atoms with Crippen LogP contribution in [0.3, 0.4) is 0 Å². The van der Waals surface area contributed by atoms with Crippen molar-refractivity contribution in [3.8, 4) is 0 Å². The van der Waals surface area contributed by atoms with Gasteiger partial charge in [0.25, 0.3) is 0 Å². The maximum Gasteiger partial charge on any atom is 1.00 e. The van der Waals surface area contributed by atoms with Crippen LogP contribution < -0.4 is 113 Å². The van der Waals surface area contributed by atoms with Crippen molar-refractivity contribution in [3.05, 3.63) is 0 Å². The Balaban J connectivity index is -0.000000500. The molecule has 0 saturated heterocycles. The van der Waals surface area contributed by atoms with Crippen LogP contribution in [0.5, 0.6) is 0 Å². The van der Waals surface area contributed by atoms with E-state index in [-0.39, 0.29) is 103 Å². The monoisotopic (exact) mass is 236 g/mol. The Labute approximate surface area is 163 Å². The third-order valence-electron chi connectivity index (χ3n) is 1.72. The smallest absolute Gasteiger partial charge is 0.549 e. The molecule has 0 aromatic carbocycles. The average molecular weight is 236 g/mol. The Bertz CT molecular complexity index is 158. The van der Waals surface area contributed by atoms with E-state index in [0.29, 0.717) is 6.42 Å². The molecule has 64 valence electrons. The largest absolute Gasteiger partial charge is 1.00 e. The van der Waals surface area contributed by atoms with Gasteiger partial charge in [-0.1, -0.05) is 20.3 Å². The van der Waals surface area contributed by atoms with Crippen LogP contribution >= 0.6 is 0 Å². The topological polar surface area (TPSA) is 80.3 Å². The Hall–Kier alpha value is 2.21. The molecule has 0 aliphatic carbocycles. The van der Waals surface area contributed by atoms with Crippen molar-refractivity contribution in [3.63, 3.8) is 0 Å². The summed E-state index contributed by atoms with van der Waals surface area (Å²) in [6.45, 7) is 3.25. The number of hydrogen-bond donors (Lipinski definition) is 0. The van der Waals surface area contributed by atoms with Crippen LogP contribution in [0, 0.1) is 11.8 Å². The van der Waals surface area contributed by atoms with Gasteiger partial charge in [0, 0.05) is 5.92 Å². The van der Waals surface area contributed by atoms with Gasteiger partial charge in [-0.2, -0.15) is 0 Å². The van der Waals surface area contributed by atoms with Gasteiger partial charge < -0.3 is 19.8 Å². The summed E-state index contributed by atoms with van der Waals surface area (Å²) in [5.74, 6) is -5.07. The second-order valence-corrected chi connectivity index (χ2v) is 2.50. The summed E-state index contributed by atoms with van der Waals surface area (Å²) in [4.78, 5) is 20.4. The molecule has 0 aliphatic rings. The molecule has 0 fully saturated rings. The molecule has 0 aliphatic heterocycles. The molecule has 0 amide bonds. The van der Waals surface area contributed by atoms with E-state index < -0.39 is 23.8 Å². The summed E-state index contributed by atoms with van der Waals surface area (Å²) in [5, 5.41) is 20.4. The first-order chi connectivity index (χ1) is 5.00. The summed E-state index contributed by atoms with van der Waals surface area (Å²) in [6.07, 6.45) is 0.479. The van der Waals surface area contributed by atoms with Crippen molar-refractivity contribution in [1.29, 1.82) is 0 Å². The maximum absolute atomic E-state index is 10.2. The first kappa shape index (κ1) is 20.6. The van der Waals surface area contributed by atoms with Gasteiger partial charge in [0.2, 0.25) is 0 Å². The van der Waals surface area contributed by atoms with Crippen LogP contribution in [-0.2, 0) is 9.59 Å². The summed E-state index contributed by atoms with van der Waals surface area (Å²) in [5.41, 5.74) is 0. The normalized spacial score (nSPS) is 11.0. The van der Waals surface area contributed by atoms with Crippen LogP contribution in [0.2, 0.25) is 0 Å². The van der Waals surface area contributed by atoms with E-state index in [1.165, 1.54) is 6.92 Å². The molecule has 0 radical (unpaired) electrons. The van der Waals surface area contributed by atoms with Crippen molar-refractivity contribution in [2.75, 3.05) is 0 Å². The number of aliphatic carboxylic acids is 2.